The number of halogens is 1. The van der Waals surface area contributed by atoms with Crippen LogP contribution in [0.15, 0.2) is 35.1 Å². The van der Waals surface area contributed by atoms with Gasteiger partial charge in [-0.3, -0.25) is 9.59 Å². The number of benzene rings is 1. The van der Waals surface area contributed by atoms with Gasteiger partial charge in [0, 0.05) is 12.7 Å². The summed E-state index contributed by atoms with van der Waals surface area (Å²) in [7, 11) is 1.50. The molecule has 0 atom stereocenters. The number of nitrogens with zero attached hydrogens (tertiary/aromatic N) is 1. The first kappa shape index (κ1) is 16.9. The van der Waals surface area contributed by atoms with Gasteiger partial charge in [0.25, 0.3) is 11.5 Å². The fraction of sp³-hybridized carbons (Fsp3) is 0.333. The largest absolute Gasteiger partial charge is 0.355 e. The molecule has 1 N–H and O–H groups in total. The van der Waals surface area contributed by atoms with Crippen molar-refractivity contribution in [3.05, 3.63) is 68.9 Å². The van der Waals surface area contributed by atoms with Gasteiger partial charge in [0.2, 0.25) is 0 Å². The predicted molar refractivity (Wildman–Crippen MR) is 88.4 cm³/mol. The van der Waals surface area contributed by atoms with E-state index in [0.717, 1.165) is 16.8 Å². The number of aromatic nitrogens is 1. The molecule has 0 aliphatic rings. The summed E-state index contributed by atoms with van der Waals surface area (Å²) in [4.78, 5) is 24.7. The Morgan fingerprint density at radius 1 is 1.26 bits per heavy atom. The molecule has 0 fully saturated rings. The minimum absolute atomic E-state index is 0.122. The lowest BCUT2D eigenvalue weighted by atomic mass is 10.0. The van der Waals surface area contributed by atoms with Crippen LogP contribution in [0.1, 0.15) is 46.9 Å². The standard InChI is InChI=1S/C18H21FN2O2/c1-11(2)16-12(3)9-15(17(22)20-4)18(23)21(16)10-13-5-7-14(19)8-6-13/h5-9,11H,10H2,1-4H3,(H,20,22). The van der Waals surface area contributed by atoms with Crippen molar-refractivity contribution in [2.75, 3.05) is 7.05 Å². The first-order chi connectivity index (χ1) is 10.8. The molecule has 0 unspecified atom stereocenters. The second-order valence-corrected chi connectivity index (χ2v) is 5.88. The van der Waals surface area contributed by atoms with Gasteiger partial charge in [-0.25, -0.2) is 4.39 Å². The van der Waals surface area contributed by atoms with Crippen LogP contribution in [0.2, 0.25) is 0 Å². The van der Waals surface area contributed by atoms with Gasteiger partial charge >= 0.3 is 0 Å². The molecule has 4 nitrogen and oxygen atoms in total. The quantitative estimate of drug-likeness (QED) is 0.943. The van der Waals surface area contributed by atoms with Crippen LogP contribution in [0.4, 0.5) is 4.39 Å². The Kier molecular flexibility index (Phi) is 4.98. The maximum absolute atomic E-state index is 13.1. The fourth-order valence-electron chi connectivity index (χ4n) is 2.81. The second-order valence-electron chi connectivity index (χ2n) is 5.88. The summed E-state index contributed by atoms with van der Waals surface area (Å²) < 4.78 is 14.7. The van der Waals surface area contributed by atoms with Crippen molar-refractivity contribution in [1.29, 1.82) is 0 Å². The highest BCUT2D eigenvalue weighted by molar-refractivity contribution is 5.93. The summed E-state index contributed by atoms with van der Waals surface area (Å²) in [6.45, 7) is 6.20. The zero-order valence-corrected chi connectivity index (χ0v) is 13.8. The van der Waals surface area contributed by atoms with Crippen molar-refractivity contribution in [2.45, 2.75) is 33.2 Å². The Balaban J connectivity index is 2.62. The molecule has 23 heavy (non-hydrogen) atoms. The third-order valence-electron chi connectivity index (χ3n) is 3.80. The Morgan fingerprint density at radius 3 is 2.39 bits per heavy atom. The van der Waals surface area contributed by atoms with E-state index in [1.807, 2.05) is 20.8 Å². The molecule has 0 radical (unpaired) electrons. The molecular weight excluding hydrogens is 295 g/mol. The van der Waals surface area contributed by atoms with Crippen molar-refractivity contribution >= 4 is 5.91 Å². The number of amides is 1. The van der Waals surface area contributed by atoms with Crippen molar-refractivity contribution in [3.63, 3.8) is 0 Å². The number of rotatable bonds is 4. The van der Waals surface area contributed by atoms with Gasteiger partial charge in [-0.15, -0.1) is 0 Å². The molecule has 2 aromatic rings. The van der Waals surface area contributed by atoms with E-state index in [2.05, 4.69) is 5.32 Å². The maximum atomic E-state index is 13.1. The van der Waals surface area contributed by atoms with Crippen LogP contribution in [-0.4, -0.2) is 17.5 Å². The average molecular weight is 316 g/mol. The van der Waals surface area contributed by atoms with Crippen LogP contribution in [0.5, 0.6) is 0 Å². The third kappa shape index (κ3) is 3.50. The van der Waals surface area contributed by atoms with Crippen LogP contribution in [0.3, 0.4) is 0 Å². The van der Waals surface area contributed by atoms with E-state index >= 15 is 0 Å². The maximum Gasteiger partial charge on any atom is 0.263 e. The lowest BCUT2D eigenvalue weighted by molar-refractivity contribution is 0.0961. The first-order valence-electron chi connectivity index (χ1n) is 7.56. The predicted octanol–water partition coefficient (Wildman–Crippen LogP) is 2.83. The van der Waals surface area contributed by atoms with Crippen LogP contribution in [0, 0.1) is 12.7 Å². The van der Waals surface area contributed by atoms with E-state index in [4.69, 9.17) is 0 Å². The van der Waals surface area contributed by atoms with Gasteiger partial charge < -0.3 is 9.88 Å². The van der Waals surface area contributed by atoms with Crippen molar-refractivity contribution in [3.8, 4) is 0 Å². The zero-order valence-electron chi connectivity index (χ0n) is 13.8. The van der Waals surface area contributed by atoms with Gasteiger partial charge in [-0.1, -0.05) is 26.0 Å². The van der Waals surface area contributed by atoms with Gasteiger partial charge in [0.05, 0.1) is 6.54 Å². The third-order valence-corrected chi connectivity index (χ3v) is 3.80. The van der Waals surface area contributed by atoms with E-state index in [1.165, 1.54) is 19.2 Å². The molecule has 0 spiro atoms. The molecule has 1 aromatic heterocycles. The number of hydrogen-bond acceptors (Lipinski definition) is 2. The molecule has 0 saturated heterocycles. The van der Waals surface area contributed by atoms with Crippen molar-refractivity contribution < 1.29 is 9.18 Å². The Bertz CT molecular complexity index is 777. The van der Waals surface area contributed by atoms with Crippen LogP contribution in [0.25, 0.3) is 0 Å². The molecule has 122 valence electrons. The molecular formula is C18H21FN2O2. The molecule has 0 aliphatic carbocycles. The summed E-state index contributed by atoms with van der Waals surface area (Å²) in [5.41, 5.74) is 2.37. The molecule has 0 bridgehead atoms. The van der Waals surface area contributed by atoms with Gasteiger partial charge in [0.1, 0.15) is 11.4 Å². The monoisotopic (exact) mass is 316 g/mol. The minimum Gasteiger partial charge on any atom is -0.355 e. The van der Waals surface area contributed by atoms with E-state index in [9.17, 15) is 14.0 Å². The summed E-state index contributed by atoms with van der Waals surface area (Å²) in [6, 6.07) is 7.66. The Labute approximate surface area is 135 Å². The number of pyridine rings is 1. The van der Waals surface area contributed by atoms with Crippen molar-refractivity contribution in [1.82, 2.24) is 9.88 Å². The molecule has 1 heterocycles. The SMILES string of the molecule is CNC(=O)c1cc(C)c(C(C)C)n(Cc2ccc(F)cc2)c1=O. The summed E-state index contributed by atoms with van der Waals surface area (Å²) >= 11 is 0. The second kappa shape index (κ2) is 6.77. The number of carbonyl (C=O) groups is 1. The summed E-state index contributed by atoms with van der Waals surface area (Å²) in [6.07, 6.45) is 0. The molecule has 5 heteroatoms. The summed E-state index contributed by atoms with van der Waals surface area (Å²) in [5, 5.41) is 2.49. The lowest BCUT2D eigenvalue weighted by Gasteiger charge is -2.20. The lowest BCUT2D eigenvalue weighted by Crippen LogP contribution is -2.34. The van der Waals surface area contributed by atoms with Crippen molar-refractivity contribution in [2.24, 2.45) is 0 Å². The fourth-order valence-corrected chi connectivity index (χ4v) is 2.81. The zero-order chi connectivity index (χ0) is 17.1. The molecule has 0 aliphatic heterocycles. The molecule has 2 rings (SSSR count). The van der Waals surface area contributed by atoms with Gasteiger partial charge in [-0.05, 0) is 42.2 Å². The van der Waals surface area contributed by atoms with Gasteiger partial charge in [0.15, 0.2) is 0 Å². The number of hydrogen-bond donors (Lipinski definition) is 1. The number of aryl methyl sites for hydroxylation is 1. The van der Waals surface area contributed by atoms with Crippen LogP contribution >= 0.6 is 0 Å². The van der Waals surface area contributed by atoms with Gasteiger partial charge in [-0.2, -0.15) is 0 Å². The van der Waals surface area contributed by atoms with E-state index in [-0.39, 0.29) is 22.9 Å². The summed E-state index contributed by atoms with van der Waals surface area (Å²) in [5.74, 6) is -0.594. The molecule has 1 aromatic carbocycles. The van der Waals surface area contributed by atoms with Crippen LogP contribution < -0.4 is 10.9 Å². The molecule has 1 amide bonds. The normalized spacial score (nSPS) is 10.9. The highest BCUT2D eigenvalue weighted by Crippen LogP contribution is 2.19. The average Bonchev–Trinajstić information content (AvgIpc) is 2.51. The first-order valence-corrected chi connectivity index (χ1v) is 7.56. The topological polar surface area (TPSA) is 51.1 Å². The minimum atomic E-state index is -0.402. The van der Waals surface area contributed by atoms with E-state index < -0.39 is 5.91 Å². The Morgan fingerprint density at radius 2 is 1.87 bits per heavy atom. The van der Waals surface area contributed by atoms with E-state index in [1.54, 1.807) is 22.8 Å². The highest BCUT2D eigenvalue weighted by atomic mass is 19.1. The smallest absolute Gasteiger partial charge is 0.263 e. The van der Waals surface area contributed by atoms with Crippen LogP contribution in [-0.2, 0) is 6.54 Å². The molecule has 0 saturated carbocycles. The Hall–Kier alpha value is -2.43. The highest BCUT2D eigenvalue weighted by Gasteiger charge is 2.18. The number of carbonyl (C=O) groups excluding carboxylic acids is 1. The number of nitrogens with one attached hydrogen (secondary N) is 1. The van der Waals surface area contributed by atoms with E-state index in [0.29, 0.717) is 6.54 Å².